The molecule has 7 nitrogen and oxygen atoms in total. The van der Waals surface area contributed by atoms with Crippen molar-refractivity contribution in [3.8, 4) is 17.6 Å². The number of pyridine rings is 2. The van der Waals surface area contributed by atoms with Gasteiger partial charge in [0.2, 0.25) is 17.6 Å². The van der Waals surface area contributed by atoms with Gasteiger partial charge in [-0.15, -0.1) is 0 Å². The Morgan fingerprint density at radius 1 is 1.03 bits per heavy atom. The summed E-state index contributed by atoms with van der Waals surface area (Å²) in [4.78, 5) is 21.1. The molecule has 2 aromatic heterocycles. The van der Waals surface area contributed by atoms with E-state index in [4.69, 9.17) is 19.2 Å². The van der Waals surface area contributed by atoms with E-state index < -0.39 is 11.5 Å². The van der Waals surface area contributed by atoms with Gasteiger partial charge in [0.15, 0.2) is 0 Å². The second-order valence-electron chi connectivity index (χ2n) is 9.45. The maximum atomic E-state index is 12.5. The molecule has 0 radical (unpaired) electrons. The Morgan fingerprint density at radius 3 is 2.33 bits per heavy atom. The summed E-state index contributed by atoms with van der Waals surface area (Å²) in [7, 11) is 4.61. The predicted molar refractivity (Wildman–Crippen MR) is 142 cm³/mol. The average Bonchev–Trinajstić information content (AvgIpc) is 2.91. The Hall–Kier alpha value is -2.71. The highest BCUT2D eigenvalue weighted by molar-refractivity contribution is 9.10. The number of hydrogen-bond acceptors (Lipinski definition) is 7. The number of halogens is 1. The molecule has 192 valence electrons. The van der Waals surface area contributed by atoms with Crippen LogP contribution in [0.5, 0.6) is 17.6 Å². The molecule has 1 saturated carbocycles. The fraction of sp³-hybridized carbons (Fsp3) is 0.464. The molecule has 0 saturated heterocycles. The molecule has 36 heavy (non-hydrogen) atoms. The summed E-state index contributed by atoms with van der Waals surface area (Å²) in [6, 6.07) is 11.3. The molecule has 1 aliphatic rings. The summed E-state index contributed by atoms with van der Waals surface area (Å²) in [6.07, 6.45) is 7.09. The first-order valence-corrected chi connectivity index (χ1v) is 13.1. The molecule has 3 aromatic rings. The van der Waals surface area contributed by atoms with Crippen LogP contribution < -0.4 is 14.2 Å². The second kappa shape index (κ2) is 11.6. The first kappa shape index (κ1) is 26.4. The van der Waals surface area contributed by atoms with Crippen LogP contribution in [-0.4, -0.2) is 42.7 Å². The van der Waals surface area contributed by atoms with Gasteiger partial charge in [-0.1, -0.05) is 48.0 Å². The Balaban J connectivity index is 1.94. The zero-order valence-corrected chi connectivity index (χ0v) is 22.6. The van der Waals surface area contributed by atoms with Crippen LogP contribution in [0.15, 0.2) is 40.9 Å². The number of aromatic nitrogens is 2. The molecule has 1 fully saturated rings. The van der Waals surface area contributed by atoms with Crippen molar-refractivity contribution in [3.63, 3.8) is 0 Å². The molecule has 4 rings (SSSR count). The van der Waals surface area contributed by atoms with Gasteiger partial charge in [-0.05, 0) is 42.2 Å². The third-order valence-corrected chi connectivity index (χ3v) is 7.79. The number of fused-ring (bicyclic) bond motifs is 1. The van der Waals surface area contributed by atoms with Crippen LogP contribution in [0, 0.1) is 5.92 Å². The van der Waals surface area contributed by atoms with Gasteiger partial charge in [0.25, 0.3) is 0 Å². The van der Waals surface area contributed by atoms with Crippen molar-refractivity contribution >= 4 is 33.1 Å². The van der Waals surface area contributed by atoms with Gasteiger partial charge >= 0.3 is 0 Å². The van der Waals surface area contributed by atoms with Crippen LogP contribution in [-0.2, 0) is 10.4 Å². The normalized spacial score (nSPS) is 16.8. The number of aldehydes is 1. The molecule has 2 heterocycles. The van der Waals surface area contributed by atoms with E-state index in [2.05, 4.69) is 20.9 Å². The van der Waals surface area contributed by atoms with Crippen LogP contribution in [0.1, 0.15) is 62.0 Å². The third-order valence-electron chi connectivity index (χ3n) is 7.30. The number of hydrogen-bond donors (Lipinski definition) is 1. The smallest absolute Gasteiger partial charge is 0.217 e. The van der Waals surface area contributed by atoms with E-state index in [-0.39, 0.29) is 6.42 Å². The molecule has 2 atom stereocenters. The number of benzene rings is 1. The van der Waals surface area contributed by atoms with Gasteiger partial charge < -0.3 is 24.1 Å². The Morgan fingerprint density at radius 2 is 1.72 bits per heavy atom. The largest absolute Gasteiger partial charge is 0.481 e. The summed E-state index contributed by atoms with van der Waals surface area (Å²) < 4.78 is 17.5. The molecule has 1 aliphatic carbocycles. The highest BCUT2D eigenvalue weighted by Gasteiger charge is 2.43. The summed E-state index contributed by atoms with van der Waals surface area (Å²) in [5, 5.41) is 13.4. The topological polar surface area (TPSA) is 90.8 Å². The standard InChI is InChI=1S/C28H33BrN2O5/c1-34-25-16-20(17-26(31-25)35-2)28(33,11-12-32)23(13-18-7-5-4-6-8-18)22-15-19-14-21(29)9-10-24(19)30-27(22)36-3/h9-10,12,14-18,23,33H,4-8,11,13H2,1-3H3. The van der Waals surface area contributed by atoms with Crippen molar-refractivity contribution < 1.29 is 24.1 Å². The second-order valence-corrected chi connectivity index (χ2v) is 10.4. The molecule has 2 unspecified atom stereocenters. The van der Waals surface area contributed by atoms with Crippen molar-refractivity contribution in [2.75, 3.05) is 21.3 Å². The van der Waals surface area contributed by atoms with Gasteiger partial charge in [-0.2, -0.15) is 4.98 Å². The molecular formula is C28H33BrN2O5. The van der Waals surface area contributed by atoms with E-state index in [0.29, 0.717) is 35.5 Å². The number of carbonyl (C=O) groups excluding carboxylic acids is 1. The first-order valence-electron chi connectivity index (χ1n) is 12.3. The maximum absolute atomic E-state index is 12.5. The van der Waals surface area contributed by atoms with Crippen LogP contribution in [0.2, 0.25) is 0 Å². The Kier molecular flexibility index (Phi) is 8.46. The highest BCUT2D eigenvalue weighted by Crippen LogP contribution is 2.49. The van der Waals surface area contributed by atoms with Crippen molar-refractivity contribution in [2.24, 2.45) is 5.92 Å². The van der Waals surface area contributed by atoms with Crippen LogP contribution in [0.25, 0.3) is 10.9 Å². The Bertz CT molecular complexity index is 1190. The van der Waals surface area contributed by atoms with Crippen LogP contribution >= 0.6 is 15.9 Å². The van der Waals surface area contributed by atoms with Gasteiger partial charge in [0.1, 0.15) is 11.9 Å². The van der Waals surface area contributed by atoms with Gasteiger partial charge in [-0.25, -0.2) is 4.98 Å². The van der Waals surface area contributed by atoms with E-state index in [0.717, 1.165) is 40.1 Å². The zero-order valence-electron chi connectivity index (χ0n) is 21.0. The lowest BCUT2D eigenvalue weighted by atomic mass is 9.69. The first-order chi connectivity index (χ1) is 17.4. The van der Waals surface area contributed by atoms with Crippen molar-refractivity contribution in [1.82, 2.24) is 9.97 Å². The fourth-order valence-electron chi connectivity index (χ4n) is 5.42. The summed E-state index contributed by atoms with van der Waals surface area (Å²) >= 11 is 3.55. The summed E-state index contributed by atoms with van der Waals surface area (Å²) in [5.74, 6) is 1.00. The minimum absolute atomic E-state index is 0.111. The molecule has 0 spiro atoms. The number of ether oxygens (including phenoxy) is 3. The molecule has 0 bridgehead atoms. The quantitative estimate of drug-likeness (QED) is 0.308. The number of rotatable bonds is 10. The number of carbonyl (C=O) groups is 1. The van der Waals surface area contributed by atoms with Gasteiger partial charge in [-0.3, -0.25) is 0 Å². The predicted octanol–water partition coefficient (Wildman–Crippen LogP) is 5.95. The minimum atomic E-state index is -1.56. The van der Waals surface area contributed by atoms with Crippen LogP contribution in [0.4, 0.5) is 0 Å². The fourth-order valence-corrected chi connectivity index (χ4v) is 5.80. The van der Waals surface area contributed by atoms with Crippen molar-refractivity contribution in [2.45, 2.75) is 56.5 Å². The molecule has 1 N–H and O–H groups in total. The molecule has 8 heteroatoms. The van der Waals surface area contributed by atoms with Crippen molar-refractivity contribution in [1.29, 1.82) is 0 Å². The average molecular weight is 557 g/mol. The number of nitrogens with zero attached hydrogens (tertiary/aromatic N) is 2. The van der Waals surface area contributed by atoms with Gasteiger partial charge in [0.05, 0.1) is 26.8 Å². The molecule has 0 aliphatic heterocycles. The lowest BCUT2D eigenvalue weighted by Crippen LogP contribution is -2.36. The molecule has 1 aromatic carbocycles. The van der Waals surface area contributed by atoms with E-state index in [9.17, 15) is 9.90 Å². The summed E-state index contributed by atoms with van der Waals surface area (Å²) in [5.41, 5.74) is 0.516. The molecular weight excluding hydrogens is 524 g/mol. The number of methoxy groups -OCH3 is 3. The molecule has 0 amide bonds. The Labute approximate surface area is 220 Å². The highest BCUT2D eigenvalue weighted by atomic mass is 79.9. The zero-order chi connectivity index (χ0) is 25.7. The van der Waals surface area contributed by atoms with E-state index in [1.807, 2.05) is 24.3 Å². The van der Waals surface area contributed by atoms with Crippen LogP contribution in [0.3, 0.4) is 0 Å². The number of aliphatic hydroxyl groups is 1. The van der Waals surface area contributed by atoms with Crippen molar-refractivity contribution in [3.05, 3.63) is 52.0 Å². The van der Waals surface area contributed by atoms with Gasteiger partial charge in [0, 0.05) is 39.9 Å². The van der Waals surface area contributed by atoms with E-state index in [1.54, 1.807) is 19.2 Å². The summed E-state index contributed by atoms with van der Waals surface area (Å²) in [6.45, 7) is 0. The maximum Gasteiger partial charge on any atom is 0.217 e. The van der Waals surface area contributed by atoms with E-state index in [1.165, 1.54) is 33.5 Å². The third kappa shape index (κ3) is 5.49. The van der Waals surface area contributed by atoms with E-state index >= 15 is 0 Å². The SMILES string of the molecule is COc1cc(C(O)(CC=O)C(CC2CCCCC2)c2cc3cc(Br)ccc3nc2OC)cc(OC)n1. The lowest BCUT2D eigenvalue weighted by molar-refractivity contribution is -0.114. The lowest BCUT2D eigenvalue weighted by Gasteiger charge is -2.39. The monoisotopic (exact) mass is 556 g/mol. The minimum Gasteiger partial charge on any atom is -0.481 e.